The third kappa shape index (κ3) is 3.52. The van der Waals surface area contributed by atoms with Crippen molar-refractivity contribution in [3.05, 3.63) is 16.1 Å². The van der Waals surface area contributed by atoms with Crippen LogP contribution in [0.15, 0.2) is 5.38 Å². The van der Waals surface area contributed by atoms with Gasteiger partial charge in [0, 0.05) is 17.5 Å². The molecule has 1 fully saturated rings. The van der Waals surface area contributed by atoms with Crippen LogP contribution < -0.4 is 5.32 Å². The number of thiazole rings is 1. The zero-order valence-electron chi connectivity index (χ0n) is 11.2. The molecule has 1 aromatic rings. The molecular weight excluding hydrogens is 228 g/mol. The minimum atomic E-state index is 0.403. The molecule has 0 spiro atoms. The summed E-state index contributed by atoms with van der Waals surface area (Å²) in [6.07, 6.45) is 6.84. The van der Waals surface area contributed by atoms with Gasteiger partial charge in [0.15, 0.2) is 0 Å². The summed E-state index contributed by atoms with van der Waals surface area (Å²) >= 11 is 1.75. The van der Waals surface area contributed by atoms with Gasteiger partial charge in [-0.1, -0.05) is 26.2 Å². The van der Waals surface area contributed by atoms with Crippen LogP contribution in [0.1, 0.15) is 62.7 Å². The largest absolute Gasteiger partial charge is 0.306 e. The van der Waals surface area contributed by atoms with Crippen molar-refractivity contribution in [2.75, 3.05) is 0 Å². The van der Waals surface area contributed by atoms with Crippen LogP contribution in [0.25, 0.3) is 0 Å². The Morgan fingerprint density at radius 1 is 1.53 bits per heavy atom. The Labute approximate surface area is 109 Å². The molecule has 0 saturated heterocycles. The molecular formula is C14H24N2S. The molecule has 96 valence electrons. The highest BCUT2D eigenvalue weighted by Crippen LogP contribution is 2.28. The molecule has 1 aliphatic rings. The molecule has 1 N–H and O–H groups in total. The second-order valence-corrected chi connectivity index (χ2v) is 6.38. The highest BCUT2D eigenvalue weighted by Gasteiger charge is 2.22. The maximum absolute atomic E-state index is 4.57. The lowest BCUT2D eigenvalue weighted by molar-refractivity contribution is 0.265. The smallest absolute Gasteiger partial charge is 0.0898 e. The first-order valence-electron chi connectivity index (χ1n) is 6.87. The number of aromatic nitrogens is 1. The van der Waals surface area contributed by atoms with E-state index in [4.69, 9.17) is 0 Å². The molecule has 0 amide bonds. The fourth-order valence-corrected chi connectivity index (χ4v) is 3.54. The van der Waals surface area contributed by atoms with Crippen LogP contribution in [0.5, 0.6) is 0 Å². The molecule has 3 unspecified atom stereocenters. The number of hydrogen-bond acceptors (Lipinski definition) is 3. The zero-order chi connectivity index (χ0) is 12.3. The molecule has 1 saturated carbocycles. The fourth-order valence-electron chi connectivity index (χ4n) is 2.83. The Hall–Kier alpha value is -0.410. The van der Waals surface area contributed by atoms with Crippen LogP contribution >= 0.6 is 11.3 Å². The lowest BCUT2D eigenvalue weighted by atomic mass is 9.84. The summed E-state index contributed by atoms with van der Waals surface area (Å²) in [6, 6.07) is 1.10. The summed E-state index contributed by atoms with van der Waals surface area (Å²) < 4.78 is 0. The normalized spacial score (nSPS) is 27.0. The van der Waals surface area contributed by atoms with Crippen LogP contribution in [-0.4, -0.2) is 11.0 Å². The summed E-state index contributed by atoms with van der Waals surface area (Å²) in [7, 11) is 0. The van der Waals surface area contributed by atoms with Crippen molar-refractivity contribution < 1.29 is 0 Å². The van der Waals surface area contributed by atoms with Gasteiger partial charge in [0.2, 0.25) is 0 Å². The average Bonchev–Trinajstić information content (AvgIpc) is 2.76. The van der Waals surface area contributed by atoms with Crippen molar-refractivity contribution >= 4 is 11.3 Å². The van der Waals surface area contributed by atoms with E-state index in [1.807, 2.05) is 0 Å². The van der Waals surface area contributed by atoms with Gasteiger partial charge in [0.05, 0.1) is 10.7 Å². The van der Waals surface area contributed by atoms with Gasteiger partial charge in [-0.3, -0.25) is 0 Å². The minimum Gasteiger partial charge on any atom is -0.306 e. The molecule has 1 heterocycles. The molecule has 3 heteroatoms. The second kappa shape index (κ2) is 5.96. The van der Waals surface area contributed by atoms with Gasteiger partial charge >= 0.3 is 0 Å². The third-order valence-electron chi connectivity index (χ3n) is 3.93. The summed E-state index contributed by atoms with van der Waals surface area (Å²) in [6.45, 7) is 6.64. The maximum atomic E-state index is 4.57. The highest BCUT2D eigenvalue weighted by molar-refractivity contribution is 7.09. The Kier molecular flexibility index (Phi) is 4.57. The van der Waals surface area contributed by atoms with E-state index >= 15 is 0 Å². The number of rotatable bonds is 4. The van der Waals surface area contributed by atoms with E-state index in [1.165, 1.54) is 42.8 Å². The monoisotopic (exact) mass is 252 g/mol. The van der Waals surface area contributed by atoms with Crippen LogP contribution in [0.3, 0.4) is 0 Å². The van der Waals surface area contributed by atoms with E-state index in [0.29, 0.717) is 12.1 Å². The van der Waals surface area contributed by atoms with E-state index < -0.39 is 0 Å². The van der Waals surface area contributed by atoms with Crippen LogP contribution in [0, 0.1) is 12.8 Å². The zero-order valence-corrected chi connectivity index (χ0v) is 12.0. The summed E-state index contributed by atoms with van der Waals surface area (Å²) in [5, 5.41) is 7.11. The number of hydrogen-bond donors (Lipinski definition) is 1. The first kappa shape index (κ1) is 13.0. The van der Waals surface area contributed by atoms with Crippen molar-refractivity contribution in [2.45, 2.75) is 65.0 Å². The molecule has 3 atom stereocenters. The molecule has 0 aromatic carbocycles. The van der Waals surface area contributed by atoms with E-state index in [1.54, 1.807) is 11.3 Å². The lowest BCUT2D eigenvalue weighted by Crippen LogP contribution is -2.35. The van der Waals surface area contributed by atoms with Crippen molar-refractivity contribution in [3.8, 4) is 0 Å². The summed E-state index contributed by atoms with van der Waals surface area (Å²) in [4.78, 5) is 4.57. The Morgan fingerprint density at radius 3 is 3.00 bits per heavy atom. The number of aryl methyl sites for hydroxylation is 1. The van der Waals surface area contributed by atoms with Crippen LogP contribution in [0.4, 0.5) is 0 Å². The predicted molar refractivity (Wildman–Crippen MR) is 74.4 cm³/mol. The molecule has 1 aliphatic carbocycles. The van der Waals surface area contributed by atoms with Crippen LogP contribution in [-0.2, 0) is 0 Å². The SMILES string of the molecule is CCC1CCCC(NC(C)c2csc(C)n2)C1. The molecule has 17 heavy (non-hydrogen) atoms. The first-order chi connectivity index (χ1) is 8.19. The van der Waals surface area contributed by atoms with Crippen molar-refractivity contribution in [1.82, 2.24) is 10.3 Å². The van der Waals surface area contributed by atoms with Gasteiger partial charge in [0.25, 0.3) is 0 Å². The average molecular weight is 252 g/mol. The van der Waals surface area contributed by atoms with Gasteiger partial charge in [-0.25, -0.2) is 4.98 Å². The van der Waals surface area contributed by atoms with E-state index in [0.717, 1.165) is 5.92 Å². The summed E-state index contributed by atoms with van der Waals surface area (Å²) in [5.41, 5.74) is 1.21. The van der Waals surface area contributed by atoms with E-state index in [-0.39, 0.29) is 0 Å². The van der Waals surface area contributed by atoms with Crippen molar-refractivity contribution in [1.29, 1.82) is 0 Å². The van der Waals surface area contributed by atoms with Crippen molar-refractivity contribution in [2.24, 2.45) is 5.92 Å². The van der Waals surface area contributed by atoms with E-state index in [9.17, 15) is 0 Å². The fraction of sp³-hybridized carbons (Fsp3) is 0.786. The van der Waals surface area contributed by atoms with Gasteiger partial charge in [-0.2, -0.15) is 0 Å². The van der Waals surface area contributed by atoms with E-state index in [2.05, 4.69) is 36.5 Å². The minimum absolute atomic E-state index is 0.403. The molecule has 1 aromatic heterocycles. The topological polar surface area (TPSA) is 24.9 Å². The van der Waals surface area contributed by atoms with Gasteiger partial charge in [-0.05, 0) is 32.6 Å². The molecule has 2 rings (SSSR count). The Balaban J connectivity index is 1.87. The van der Waals surface area contributed by atoms with Gasteiger partial charge in [-0.15, -0.1) is 11.3 Å². The lowest BCUT2D eigenvalue weighted by Gasteiger charge is -2.31. The number of nitrogens with one attached hydrogen (secondary N) is 1. The van der Waals surface area contributed by atoms with Crippen molar-refractivity contribution in [3.63, 3.8) is 0 Å². The molecule has 2 nitrogen and oxygen atoms in total. The quantitative estimate of drug-likeness (QED) is 0.873. The Bertz CT molecular complexity index is 348. The third-order valence-corrected chi connectivity index (χ3v) is 4.72. The van der Waals surface area contributed by atoms with Crippen LogP contribution in [0.2, 0.25) is 0 Å². The maximum Gasteiger partial charge on any atom is 0.0898 e. The van der Waals surface area contributed by atoms with Gasteiger partial charge in [0.1, 0.15) is 0 Å². The molecule has 0 bridgehead atoms. The summed E-state index contributed by atoms with van der Waals surface area (Å²) in [5.74, 6) is 0.936. The Morgan fingerprint density at radius 2 is 2.35 bits per heavy atom. The number of nitrogens with zero attached hydrogens (tertiary/aromatic N) is 1. The second-order valence-electron chi connectivity index (χ2n) is 5.32. The standard InChI is InChI=1S/C14H24N2S/c1-4-12-6-5-7-13(8-12)15-10(2)14-9-17-11(3)16-14/h9-10,12-13,15H,4-8H2,1-3H3. The highest BCUT2D eigenvalue weighted by atomic mass is 32.1. The first-order valence-corrected chi connectivity index (χ1v) is 7.75. The predicted octanol–water partition coefficient (Wildman–Crippen LogP) is 4.07. The molecule has 0 aliphatic heterocycles. The van der Waals surface area contributed by atoms with Gasteiger partial charge < -0.3 is 5.32 Å². The molecule has 0 radical (unpaired) electrons.